The van der Waals surface area contributed by atoms with Crippen LogP contribution in [0.15, 0.2) is 48.5 Å². The number of hydrogen-bond acceptors (Lipinski definition) is 2. The standard InChI is InChI=1S/C19H16ClF3N2O2/c20-15-5-1-3-12(7-15)10-24-18(27)13-8-17(26)25(11-13)16-6-2-4-14(9-16)19(21,22)23/h1-7,9,13H,8,10-11H2,(H,24,27)/t13-/m0/s1. The number of alkyl halides is 3. The van der Waals surface area contributed by atoms with Crippen LogP contribution in [0, 0.1) is 5.92 Å². The molecule has 1 fully saturated rings. The fourth-order valence-corrected chi connectivity index (χ4v) is 3.18. The maximum atomic E-state index is 12.9. The van der Waals surface area contributed by atoms with E-state index in [-0.39, 0.29) is 37.0 Å². The largest absolute Gasteiger partial charge is 0.416 e. The summed E-state index contributed by atoms with van der Waals surface area (Å²) in [4.78, 5) is 25.8. The van der Waals surface area contributed by atoms with E-state index in [0.717, 1.165) is 17.7 Å². The van der Waals surface area contributed by atoms with E-state index in [2.05, 4.69) is 5.32 Å². The average molecular weight is 397 g/mol. The summed E-state index contributed by atoms with van der Waals surface area (Å²) in [5, 5.41) is 3.29. The van der Waals surface area contributed by atoms with Crippen molar-refractivity contribution in [1.29, 1.82) is 0 Å². The molecule has 142 valence electrons. The minimum atomic E-state index is -4.49. The highest BCUT2D eigenvalue weighted by atomic mass is 35.5. The SMILES string of the molecule is O=C(NCc1cccc(Cl)c1)[C@H]1CC(=O)N(c2cccc(C(F)(F)F)c2)C1. The molecule has 1 saturated heterocycles. The summed E-state index contributed by atoms with van der Waals surface area (Å²) in [7, 11) is 0. The van der Waals surface area contributed by atoms with Crippen LogP contribution in [0.5, 0.6) is 0 Å². The number of carbonyl (C=O) groups excluding carboxylic acids is 2. The first-order valence-corrected chi connectivity index (χ1v) is 8.61. The quantitative estimate of drug-likeness (QED) is 0.848. The Hall–Kier alpha value is -2.54. The molecule has 0 unspecified atom stereocenters. The third-order valence-electron chi connectivity index (χ3n) is 4.34. The van der Waals surface area contributed by atoms with Crippen molar-refractivity contribution in [2.45, 2.75) is 19.1 Å². The normalized spacial score (nSPS) is 17.3. The summed E-state index contributed by atoms with van der Waals surface area (Å²) in [6.07, 6.45) is -4.54. The summed E-state index contributed by atoms with van der Waals surface area (Å²) in [5.74, 6) is -1.32. The van der Waals surface area contributed by atoms with Crippen molar-refractivity contribution in [1.82, 2.24) is 5.32 Å². The smallest absolute Gasteiger partial charge is 0.352 e. The number of hydrogen-bond donors (Lipinski definition) is 1. The number of nitrogens with zero attached hydrogens (tertiary/aromatic N) is 1. The van der Waals surface area contributed by atoms with Gasteiger partial charge in [0.05, 0.1) is 11.5 Å². The van der Waals surface area contributed by atoms with Crippen LogP contribution in [0.4, 0.5) is 18.9 Å². The summed E-state index contributed by atoms with van der Waals surface area (Å²) in [6, 6.07) is 11.5. The van der Waals surface area contributed by atoms with E-state index in [0.29, 0.717) is 5.02 Å². The van der Waals surface area contributed by atoms with E-state index in [1.165, 1.54) is 17.0 Å². The Labute approximate surface area is 158 Å². The molecule has 27 heavy (non-hydrogen) atoms. The van der Waals surface area contributed by atoms with Gasteiger partial charge < -0.3 is 10.2 Å². The van der Waals surface area contributed by atoms with Crippen LogP contribution in [-0.2, 0) is 22.3 Å². The van der Waals surface area contributed by atoms with Gasteiger partial charge in [0.25, 0.3) is 0 Å². The van der Waals surface area contributed by atoms with Gasteiger partial charge in [-0.05, 0) is 35.9 Å². The summed E-state index contributed by atoms with van der Waals surface area (Å²) < 4.78 is 38.6. The van der Waals surface area contributed by atoms with Crippen molar-refractivity contribution in [3.05, 3.63) is 64.7 Å². The summed E-state index contributed by atoms with van der Waals surface area (Å²) >= 11 is 5.89. The molecule has 1 aliphatic heterocycles. The molecule has 1 aliphatic rings. The van der Waals surface area contributed by atoms with E-state index >= 15 is 0 Å². The number of nitrogens with one attached hydrogen (secondary N) is 1. The van der Waals surface area contributed by atoms with E-state index in [9.17, 15) is 22.8 Å². The maximum absolute atomic E-state index is 12.9. The first kappa shape index (κ1) is 19.2. The van der Waals surface area contributed by atoms with E-state index in [4.69, 9.17) is 11.6 Å². The molecule has 2 aromatic rings. The predicted octanol–water partition coefficient (Wildman–Crippen LogP) is 4.03. The third kappa shape index (κ3) is 4.60. The van der Waals surface area contributed by atoms with Crippen LogP contribution in [-0.4, -0.2) is 18.4 Å². The summed E-state index contributed by atoms with van der Waals surface area (Å²) in [6.45, 7) is 0.301. The zero-order chi connectivity index (χ0) is 19.6. The Kier molecular flexibility index (Phi) is 5.41. The molecule has 3 rings (SSSR count). The highest BCUT2D eigenvalue weighted by Gasteiger charge is 2.36. The molecule has 0 spiro atoms. The molecular weight excluding hydrogens is 381 g/mol. The molecule has 1 heterocycles. The Morgan fingerprint density at radius 3 is 2.63 bits per heavy atom. The highest BCUT2D eigenvalue weighted by Crippen LogP contribution is 2.33. The second kappa shape index (κ2) is 7.60. The molecule has 4 nitrogen and oxygen atoms in total. The minimum Gasteiger partial charge on any atom is -0.352 e. The van der Waals surface area contributed by atoms with Crippen LogP contribution >= 0.6 is 11.6 Å². The molecule has 0 saturated carbocycles. The van der Waals surface area contributed by atoms with Gasteiger partial charge in [-0.15, -0.1) is 0 Å². The molecule has 1 N–H and O–H groups in total. The fourth-order valence-electron chi connectivity index (χ4n) is 2.96. The molecule has 0 bridgehead atoms. The zero-order valence-electron chi connectivity index (χ0n) is 14.1. The Balaban J connectivity index is 1.65. The van der Waals surface area contributed by atoms with Gasteiger partial charge in [0.2, 0.25) is 11.8 Å². The monoisotopic (exact) mass is 396 g/mol. The van der Waals surface area contributed by atoms with Crippen molar-refractivity contribution >= 4 is 29.1 Å². The van der Waals surface area contributed by atoms with Crippen LogP contribution < -0.4 is 10.2 Å². The molecule has 0 aromatic heterocycles. The van der Waals surface area contributed by atoms with Gasteiger partial charge in [-0.1, -0.05) is 29.8 Å². The second-order valence-corrected chi connectivity index (χ2v) is 6.74. The third-order valence-corrected chi connectivity index (χ3v) is 4.57. The minimum absolute atomic E-state index is 0.0432. The lowest BCUT2D eigenvalue weighted by molar-refractivity contribution is -0.137. The van der Waals surface area contributed by atoms with E-state index < -0.39 is 17.7 Å². The van der Waals surface area contributed by atoms with Crippen molar-refractivity contribution in [3.63, 3.8) is 0 Å². The molecular formula is C19H16ClF3N2O2. The number of halogens is 4. The number of amides is 2. The number of anilines is 1. The second-order valence-electron chi connectivity index (χ2n) is 6.30. The Morgan fingerprint density at radius 2 is 1.93 bits per heavy atom. The molecule has 0 radical (unpaired) electrons. The van der Waals surface area contributed by atoms with Gasteiger partial charge in [-0.2, -0.15) is 13.2 Å². The molecule has 1 atom stereocenters. The first-order valence-electron chi connectivity index (χ1n) is 8.24. The zero-order valence-corrected chi connectivity index (χ0v) is 14.8. The predicted molar refractivity (Wildman–Crippen MR) is 95.2 cm³/mol. The lowest BCUT2D eigenvalue weighted by atomic mass is 10.1. The van der Waals surface area contributed by atoms with Crippen LogP contribution in [0.3, 0.4) is 0 Å². The number of rotatable bonds is 4. The summed E-state index contributed by atoms with van der Waals surface area (Å²) in [5.41, 5.74) is 0.122. The number of benzene rings is 2. The molecule has 2 aromatic carbocycles. The highest BCUT2D eigenvalue weighted by molar-refractivity contribution is 6.30. The average Bonchev–Trinajstić information content (AvgIpc) is 3.01. The molecule has 8 heteroatoms. The van der Waals surface area contributed by atoms with Crippen molar-refractivity contribution in [2.75, 3.05) is 11.4 Å². The molecule has 2 amide bonds. The van der Waals surface area contributed by atoms with Crippen molar-refractivity contribution in [3.8, 4) is 0 Å². The molecule has 0 aliphatic carbocycles. The van der Waals surface area contributed by atoms with Crippen LogP contribution in [0.25, 0.3) is 0 Å². The van der Waals surface area contributed by atoms with E-state index in [1.807, 2.05) is 0 Å². The van der Waals surface area contributed by atoms with Gasteiger partial charge in [0.15, 0.2) is 0 Å². The Bertz CT molecular complexity index is 870. The van der Waals surface area contributed by atoms with Crippen molar-refractivity contribution in [2.24, 2.45) is 5.92 Å². The maximum Gasteiger partial charge on any atom is 0.416 e. The lowest BCUT2D eigenvalue weighted by Crippen LogP contribution is -2.32. The van der Waals surface area contributed by atoms with Gasteiger partial charge in [0.1, 0.15) is 0 Å². The van der Waals surface area contributed by atoms with Crippen LogP contribution in [0.2, 0.25) is 5.02 Å². The van der Waals surface area contributed by atoms with Gasteiger partial charge in [-0.25, -0.2) is 0 Å². The Morgan fingerprint density at radius 1 is 1.19 bits per heavy atom. The van der Waals surface area contributed by atoms with Gasteiger partial charge in [-0.3, -0.25) is 9.59 Å². The van der Waals surface area contributed by atoms with Crippen molar-refractivity contribution < 1.29 is 22.8 Å². The lowest BCUT2D eigenvalue weighted by Gasteiger charge is -2.18. The van der Waals surface area contributed by atoms with Gasteiger partial charge >= 0.3 is 6.18 Å². The fraction of sp³-hybridized carbons (Fsp3) is 0.263. The number of carbonyl (C=O) groups is 2. The van der Waals surface area contributed by atoms with Crippen LogP contribution in [0.1, 0.15) is 17.5 Å². The first-order chi connectivity index (χ1) is 12.7. The van der Waals surface area contributed by atoms with E-state index in [1.54, 1.807) is 24.3 Å². The topological polar surface area (TPSA) is 49.4 Å². The van der Waals surface area contributed by atoms with Gasteiger partial charge in [0, 0.05) is 30.2 Å².